The summed E-state index contributed by atoms with van der Waals surface area (Å²) in [5.74, 6) is 1.43. The highest BCUT2D eigenvalue weighted by molar-refractivity contribution is 6.31. The third kappa shape index (κ3) is 2.41. The summed E-state index contributed by atoms with van der Waals surface area (Å²) in [5.41, 5.74) is 0. The predicted octanol–water partition coefficient (Wildman–Crippen LogP) is 3.34. The first-order valence-electron chi connectivity index (χ1n) is 6.58. The first-order valence-corrected chi connectivity index (χ1v) is 7.33. The first-order chi connectivity index (χ1) is 8.74. The fourth-order valence-electron chi connectivity index (χ4n) is 3.32. The highest BCUT2D eigenvalue weighted by atomic mass is 35.5. The van der Waals surface area contributed by atoms with Crippen LogP contribution in [0.1, 0.15) is 38.5 Å². The monoisotopic (exact) mass is 286 g/mol. The summed E-state index contributed by atoms with van der Waals surface area (Å²) in [6.45, 7) is 0.998. The molecule has 98 valence electrons. The van der Waals surface area contributed by atoms with Gasteiger partial charge >= 0.3 is 0 Å². The van der Waals surface area contributed by atoms with Gasteiger partial charge in [-0.25, -0.2) is 0 Å². The lowest BCUT2D eigenvalue weighted by Gasteiger charge is -2.29. The number of hydrogen-bond donors (Lipinski definition) is 0. The molecule has 1 aromatic rings. The van der Waals surface area contributed by atoms with Gasteiger partial charge in [0.05, 0.1) is 0 Å². The van der Waals surface area contributed by atoms with Crippen molar-refractivity contribution in [2.45, 2.75) is 44.6 Å². The molecule has 2 fully saturated rings. The number of halogens is 2. The molecule has 1 aliphatic heterocycles. The normalized spacial score (nSPS) is 25.0. The van der Waals surface area contributed by atoms with Gasteiger partial charge in [0.2, 0.25) is 16.5 Å². The highest BCUT2D eigenvalue weighted by Gasteiger charge is 2.34. The molecule has 0 amide bonds. The van der Waals surface area contributed by atoms with Crippen LogP contribution in [0.5, 0.6) is 0 Å². The Balaban J connectivity index is 1.85. The van der Waals surface area contributed by atoms with Crippen LogP contribution in [0.25, 0.3) is 0 Å². The molecule has 4 nitrogen and oxygen atoms in total. The maximum absolute atomic E-state index is 5.86. The Hall–Kier alpha value is -0.610. The molecular weight excluding hydrogens is 271 g/mol. The molecule has 0 bridgehead atoms. The Bertz CT molecular complexity index is 414. The lowest BCUT2D eigenvalue weighted by atomic mass is 9.96. The lowest BCUT2D eigenvalue weighted by Crippen LogP contribution is -2.36. The molecule has 0 spiro atoms. The van der Waals surface area contributed by atoms with Gasteiger partial charge in [0.1, 0.15) is 0 Å². The summed E-state index contributed by atoms with van der Waals surface area (Å²) < 4.78 is 0. The Morgan fingerprint density at radius 1 is 0.889 bits per heavy atom. The summed E-state index contributed by atoms with van der Waals surface area (Å²) in [4.78, 5) is 14.5. The minimum Gasteiger partial charge on any atom is -0.337 e. The van der Waals surface area contributed by atoms with Crippen LogP contribution in [-0.4, -0.2) is 27.5 Å². The molecule has 18 heavy (non-hydrogen) atoms. The van der Waals surface area contributed by atoms with Crippen LogP contribution in [0, 0.1) is 5.92 Å². The fourth-order valence-corrected chi connectivity index (χ4v) is 3.67. The van der Waals surface area contributed by atoms with Gasteiger partial charge in [-0.1, -0.05) is 12.8 Å². The van der Waals surface area contributed by atoms with E-state index in [-0.39, 0.29) is 10.6 Å². The van der Waals surface area contributed by atoms with E-state index in [1.54, 1.807) is 0 Å². The lowest BCUT2D eigenvalue weighted by molar-refractivity contribution is 0.427. The molecule has 0 N–H and O–H groups in total. The topological polar surface area (TPSA) is 41.9 Å². The molecule has 1 atom stereocenters. The van der Waals surface area contributed by atoms with E-state index in [4.69, 9.17) is 23.2 Å². The van der Waals surface area contributed by atoms with Gasteiger partial charge in [-0.05, 0) is 54.8 Å². The fraction of sp³-hybridized carbons (Fsp3) is 0.750. The third-order valence-electron chi connectivity index (χ3n) is 4.07. The summed E-state index contributed by atoms with van der Waals surface area (Å²) in [6.07, 6.45) is 7.79. The van der Waals surface area contributed by atoms with Crippen molar-refractivity contribution in [2.24, 2.45) is 5.92 Å². The van der Waals surface area contributed by atoms with E-state index in [1.165, 1.54) is 38.5 Å². The molecular formula is C12H16Cl2N4. The molecule has 1 saturated heterocycles. The zero-order valence-corrected chi connectivity index (χ0v) is 11.7. The second kappa shape index (κ2) is 5.17. The number of hydrogen-bond acceptors (Lipinski definition) is 4. The predicted molar refractivity (Wildman–Crippen MR) is 72.2 cm³/mol. The van der Waals surface area contributed by atoms with Crippen LogP contribution >= 0.6 is 23.2 Å². The van der Waals surface area contributed by atoms with Crippen LogP contribution in [0.4, 0.5) is 5.95 Å². The van der Waals surface area contributed by atoms with E-state index >= 15 is 0 Å². The van der Waals surface area contributed by atoms with Crippen LogP contribution < -0.4 is 4.90 Å². The van der Waals surface area contributed by atoms with Crippen molar-refractivity contribution in [3.63, 3.8) is 0 Å². The molecule has 3 rings (SSSR count). The van der Waals surface area contributed by atoms with Gasteiger partial charge in [0.25, 0.3) is 0 Å². The Morgan fingerprint density at radius 2 is 1.56 bits per heavy atom. The van der Waals surface area contributed by atoms with E-state index in [9.17, 15) is 0 Å². The second-order valence-electron chi connectivity index (χ2n) is 5.12. The highest BCUT2D eigenvalue weighted by Crippen LogP contribution is 2.36. The van der Waals surface area contributed by atoms with Crippen molar-refractivity contribution in [1.29, 1.82) is 0 Å². The quantitative estimate of drug-likeness (QED) is 0.836. The summed E-state index contributed by atoms with van der Waals surface area (Å²) in [6, 6.07) is 0.557. The average Bonchev–Trinajstić information content (AvgIpc) is 2.98. The van der Waals surface area contributed by atoms with E-state index in [0.29, 0.717) is 12.0 Å². The van der Waals surface area contributed by atoms with E-state index in [1.807, 2.05) is 0 Å². The standard InChI is InChI=1S/C12H16Cl2N4/c13-10-15-11(14)17-12(16-10)18-7-3-6-9(18)8-4-1-2-5-8/h8-9H,1-7H2. The molecule has 1 aliphatic carbocycles. The third-order valence-corrected chi connectivity index (χ3v) is 4.41. The minimum absolute atomic E-state index is 0.182. The second-order valence-corrected chi connectivity index (χ2v) is 5.80. The van der Waals surface area contributed by atoms with Crippen LogP contribution in [-0.2, 0) is 0 Å². The average molecular weight is 287 g/mol. The van der Waals surface area contributed by atoms with Crippen molar-refractivity contribution in [3.05, 3.63) is 10.6 Å². The first kappa shape index (κ1) is 12.4. The van der Waals surface area contributed by atoms with Crippen molar-refractivity contribution in [3.8, 4) is 0 Å². The Kier molecular flexibility index (Phi) is 3.57. The molecule has 1 unspecified atom stereocenters. The van der Waals surface area contributed by atoms with Crippen molar-refractivity contribution in [2.75, 3.05) is 11.4 Å². The van der Waals surface area contributed by atoms with E-state index < -0.39 is 0 Å². The summed E-state index contributed by atoms with van der Waals surface area (Å²) >= 11 is 11.7. The van der Waals surface area contributed by atoms with Gasteiger partial charge in [-0.15, -0.1) is 0 Å². The van der Waals surface area contributed by atoms with E-state index in [0.717, 1.165) is 12.5 Å². The number of anilines is 1. The SMILES string of the molecule is Clc1nc(Cl)nc(N2CCCC2C2CCCC2)n1. The van der Waals surface area contributed by atoms with Crippen molar-refractivity contribution in [1.82, 2.24) is 15.0 Å². The molecule has 6 heteroatoms. The van der Waals surface area contributed by atoms with Gasteiger partial charge in [0, 0.05) is 12.6 Å². The van der Waals surface area contributed by atoms with Crippen LogP contribution in [0.3, 0.4) is 0 Å². The molecule has 2 heterocycles. The number of rotatable bonds is 2. The molecule has 1 aromatic heterocycles. The number of aromatic nitrogens is 3. The van der Waals surface area contributed by atoms with Crippen LogP contribution in [0.2, 0.25) is 10.6 Å². The largest absolute Gasteiger partial charge is 0.337 e. The smallest absolute Gasteiger partial charge is 0.231 e. The summed E-state index contributed by atoms with van der Waals surface area (Å²) in [5, 5.41) is 0.365. The van der Waals surface area contributed by atoms with Crippen molar-refractivity contribution >= 4 is 29.2 Å². The van der Waals surface area contributed by atoms with Gasteiger partial charge in [-0.2, -0.15) is 15.0 Å². The van der Waals surface area contributed by atoms with E-state index in [2.05, 4.69) is 19.9 Å². The maximum atomic E-state index is 5.86. The molecule has 0 radical (unpaired) electrons. The van der Waals surface area contributed by atoms with Crippen molar-refractivity contribution < 1.29 is 0 Å². The minimum atomic E-state index is 0.182. The Morgan fingerprint density at radius 3 is 2.22 bits per heavy atom. The zero-order chi connectivity index (χ0) is 12.5. The molecule has 1 saturated carbocycles. The molecule has 2 aliphatic rings. The molecule has 0 aromatic carbocycles. The van der Waals surface area contributed by atoms with Gasteiger partial charge < -0.3 is 4.90 Å². The van der Waals surface area contributed by atoms with Crippen LogP contribution in [0.15, 0.2) is 0 Å². The van der Waals surface area contributed by atoms with Gasteiger partial charge in [0.15, 0.2) is 0 Å². The zero-order valence-electron chi connectivity index (χ0n) is 10.1. The number of nitrogens with zero attached hydrogens (tertiary/aromatic N) is 4. The Labute approximate surface area is 117 Å². The van der Waals surface area contributed by atoms with Gasteiger partial charge in [-0.3, -0.25) is 0 Å². The summed E-state index contributed by atoms with van der Waals surface area (Å²) in [7, 11) is 0. The maximum Gasteiger partial charge on any atom is 0.231 e.